The van der Waals surface area contributed by atoms with E-state index < -0.39 is 0 Å². The van der Waals surface area contributed by atoms with E-state index in [1.165, 1.54) is 12.8 Å². The Balaban J connectivity index is 2.93. The van der Waals surface area contributed by atoms with Crippen LogP contribution in [0.15, 0.2) is 0 Å². The van der Waals surface area contributed by atoms with Gasteiger partial charge in [-0.2, -0.15) is 0 Å². The first-order chi connectivity index (χ1) is 5.58. The molecule has 0 nitrogen and oxygen atoms in total. The summed E-state index contributed by atoms with van der Waals surface area (Å²) in [4.78, 5) is 0. The van der Waals surface area contributed by atoms with Crippen molar-refractivity contribution in [2.45, 2.75) is 61.3 Å². The molecule has 0 aromatic carbocycles. The first-order valence-corrected chi connectivity index (χ1v) is 5.58. The fraction of sp³-hybridized carbons (Fsp3) is 1.00. The third kappa shape index (κ3) is 1.78. The van der Waals surface area contributed by atoms with Crippen LogP contribution in [0, 0.1) is 22.2 Å². The number of hydrogen-bond donors (Lipinski definition) is 0. The summed E-state index contributed by atoms with van der Waals surface area (Å²) in [6, 6.07) is 0. The molecule has 1 atom stereocenters. The predicted molar refractivity (Wildman–Crippen MR) is 59.7 cm³/mol. The molecular weight excluding hydrogens is 156 g/mol. The minimum Gasteiger partial charge on any atom is -0.0620 e. The minimum atomic E-state index is 0.489. The zero-order chi connectivity index (χ0) is 10.5. The van der Waals surface area contributed by atoms with E-state index in [9.17, 15) is 0 Å². The van der Waals surface area contributed by atoms with Crippen molar-refractivity contribution in [3.63, 3.8) is 0 Å². The lowest BCUT2D eigenvalue weighted by atomic mass is 9.50. The number of rotatable bonds is 0. The van der Waals surface area contributed by atoms with Crippen molar-refractivity contribution in [2.75, 3.05) is 0 Å². The molecule has 1 rings (SSSR count). The molecule has 0 saturated heterocycles. The van der Waals surface area contributed by atoms with E-state index in [0.29, 0.717) is 16.2 Å². The van der Waals surface area contributed by atoms with Crippen LogP contribution in [0.25, 0.3) is 0 Å². The van der Waals surface area contributed by atoms with Gasteiger partial charge < -0.3 is 0 Å². The van der Waals surface area contributed by atoms with Gasteiger partial charge in [0.05, 0.1) is 0 Å². The summed E-state index contributed by atoms with van der Waals surface area (Å²) in [5.41, 5.74) is 1.52. The quantitative estimate of drug-likeness (QED) is 0.517. The second-order valence-corrected chi connectivity index (χ2v) is 7.04. The van der Waals surface area contributed by atoms with Gasteiger partial charge in [0.2, 0.25) is 0 Å². The number of hydrogen-bond acceptors (Lipinski definition) is 0. The predicted octanol–water partition coefficient (Wildman–Crippen LogP) is 4.49. The zero-order valence-corrected chi connectivity index (χ0v) is 10.5. The highest BCUT2D eigenvalue weighted by Crippen LogP contribution is 2.57. The molecule has 1 unspecified atom stereocenters. The molecule has 0 radical (unpaired) electrons. The molecule has 1 aliphatic rings. The molecule has 0 aromatic rings. The van der Waals surface area contributed by atoms with Crippen LogP contribution in [0.2, 0.25) is 0 Å². The summed E-state index contributed by atoms with van der Waals surface area (Å²) in [5.74, 6) is 0.857. The summed E-state index contributed by atoms with van der Waals surface area (Å²) in [6.45, 7) is 17.0. The molecule has 0 N–H and O–H groups in total. The summed E-state index contributed by atoms with van der Waals surface area (Å²) in [6.07, 6.45) is 2.72. The van der Waals surface area contributed by atoms with Crippen LogP contribution < -0.4 is 0 Å². The van der Waals surface area contributed by atoms with E-state index in [1.54, 1.807) is 0 Å². The van der Waals surface area contributed by atoms with Gasteiger partial charge >= 0.3 is 0 Å². The molecule has 78 valence electrons. The molecule has 0 bridgehead atoms. The third-order valence-electron chi connectivity index (χ3n) is 4.88. The normalized spacial score (nSPS) is 35.8. The molecule has 0 aromatic heterocycles. The first kappa shape index (κ1) is 11.1. The maximum Gasteiger partial charge on any atom is -0.0298 e. The SMILES string of the molecule is CC1CC(C)(C)C(C)(C)CC1(C)C. The molecule has 1 saturated carbocycles. The highest BCUT2D eigenvalue weighted by molar-refractivity contribution is 4.98. The molecule has 0 amide bonds. The molecule has 13 heavy (non-hydrogen) atoms. The van der Waals surface area contributed by atoms with Gasteiger partial charge in [-0.15, -0.1) is 0 Å². The Morgan fingerprint density at radius 3 is 1.69 bits per heavy atom. The average Bonchev–Trinajstić information content (AvgIpc) is 1.80. The van der Waals surface area contributed by atoms with Crippen molar-refractivity contribution >= 4 is 0 Å². The van der Waals surface area contributed by atoms with Crippen molar-refractivity contribution in [3.8, 4) is 0 Å². The first-order valence-electron chi connectivity index (χ1n) is 5.58. The van der Waals surface area contributed by atoms with Gasteiger partial charge in [0.25, 0.3) is 0 Å². The lowest BCUT2D eigenvalue weighted by molar-refractivity contribution is -0.0510. The van der Waals surface area contributed by atoms with Crippen molar-refractivity contribution in [1.82, 2.24) is 0 Å². The van der Waals surface area contributed by atoms with Gasteiger partial charge in [0.15, 0.2) is 0 Å². The second kappa shape index (κ2) is 2.74. The summed E-state index contributed by atoms with van der Waals surface area (Å²) in [7, 11) is 0. The fourth-order valence-electron chi connectivity index (χ4n) is 2.87. The van der Waals surface area contributed by atoms with Crippen molar-refractivity contribution < 1.29 is 0 Å². The molecule has 0 heterocycles. The van der Waals surface area contributed by atoms with E-state index in [-0.39, 0.29) is 0 Å². The molecule has 1 fully saturated rings. The van der Waals surface area contributed by atoms with Gasteiger partial charge in [-0.25, -0.2) is 0 Å². The highest BCUT2D eigenvalue weighted by Gasteiger charge is 2.48. The fourth-order valence-corrected chi connectivity index (χ4v) is 2.87. The van der Waals surface area contributed by atoms with Crippen LogP contribution in [0.1, 0.15) is 61.3 Å². The highest BCUT2D eigenvalue weighted by atomic mass is 14.5. The van der Waals surface area contributed by atoms with Crippen molar-refractivity contribution in [1.29, 1.82) is 0 Å². The van der Waals surface area contributed by atoms with E-state index in [2.05, 4.69) is 48.5 Å². The Bertz CT molecular complexity index is 196. The Morgan fingerprint density at radius 2 is 1.31 bits per heavy atom. The Labute approximate surface area is 84.1 Å². The Morgan fingerprint density at radius 1 is 0.846 bits per heavy atom. The maximum atomic E-state index is 2.43. The summed E-state index contributed by atoms with van der Waals surface area (Å²) in [5, 5.41) is 0. The monoisotopic (exact) mass is 182 g/mol. The molecule has 0 aliphatic heterocycles. The largest absolute Gasteiger partial charge is 0.0620 e. The molecular formula is C13H26. The third-order valence-corrected chi connectivity index (χ3v) is 4.88. The van der Waals surface area contributed by atoms with Crippen molar-refractivity contribution in [3.05, 3.63) is 0 Å². The average molecular weight is 182 g/mol. The standard InChI is InChI=1S/C13H26/c1-10-8-12(4,5)13(6,7)9-11(10,2)3/h10H,8-9H2,1-7H3. The van der Waals surface area contributed by atoms with Crippen LogP contribution >= 0.6 is 0 Å². The van der Waals surface area contributed by atoms with Crippen LogP contribution in [-0.4, -0.2) is 0 Å². The molecule has 0 heteroatoms. The van der Waals surface area contributed by atoms with Crippen LogP contribution in [0.4, 0.5) is 0 Å². The molecule has 1 aliphatic carbocycles. The summed E-state index contributed by atoms with van der Waals surface area (Å²) >= 11 is 0. The van der Waals surface area contributed by atoms with Gasteiger partial charge in [-0.1, -0.05) is 48.5 Å². The Kier molecular flexibility index (Phi) is 2.34. The van der Waals surface area contributed by atoms with E-state index in [1.807, 2.05) is 0 Å². The second-order valence-electron chi connectivity index (χ2n) is 7.04. The van der Waals surface area contributed by atoms with Crippen molar-refractivity contribution in [2.24, 2.45) is 22.2 Å². The Hall–Kier alpha value is 0. The van der Waals surface area contributed by atoms with Crippen LogP contribution in [0.3, 0.4) is 0 Å². The van der Waals surface area contributed by atoms with E-state index in [4.69, 9.17) is 0 Å². The lowest BCUT2D eigenvalue weighted by Gasteiger charge is -2.55. The zero-order valence-electron chi connectivity index (χ0n) is 10.5. The van der Waals surface area contributed by atoms with Gasteiger partial charge in [0, 0.05) is 0 Å². The van der Waals surface area contributed by atoms with Gasteiger partial charge in [-0.3, -0.25) is 0 Å². The topological polar surface area (TPSA) is 0 Å². The van der Waals surface area contributed by atoms with Crippen LogP contribution in [0.5, 0.6) is 0 Å². The minimum absolute atomic E-state index is 0.489. The van der Waals surface area contributed by atoms with Gasteiger partial charge in [0.1, 0.15) is 0 Å². The van der Waals surface area contributed by atoms with E-state index in [0.717, 1.165) is 5.92 Å². The van der Waals surface area contributed by atoms with Gasteiger partial charge in [-0.05, 0) is 35.0 Å². The molecule has 0 spiro atoms. The maximum absolute atomic E-state index is 2.43. The smallest absolute Gasteiger partial charge is 0.0298 e. The summed E-state index contributed by atoms with van der Waals surface area (Å²) < 4.78 is 0. The van der Waals surface area contributed by atoms with E-state index >= 15 is 0 Å². The van der Waals surface area contributed by atoms with Crippen LogP contribution in [-0.2, 0) is 0 Å². The lowest BCUT2D eigenvalue weighted by Crippen LogP contribution is -2.46.